The van der Waals surface area contributed by atoms with Gasteiger partial charge in [-0.1, -0.05) is 13.0 Å². The highest BCUT2D eigenvalue weighted by Crippen LogP contribution is 2.23. The summed E-state index contributed by atoms with van der Waals surface area (Å²) >= 11 is 0. The van der Waals surface area contributed by atoms with Gasteiger partial charge in [0, 0.05) is 30.5 Å². The van der Waals surface area contributed by atoms with Crippen LogP contribution in [0.2, 0.25) is 0 Å². The molecule has 23 heavy (non-hydrogen) atoms. The first-order valence-electron chi connectivity index (χ1n) is 7.46. The van der Waals surface area contributed by atoms with Gasteiger partial charge in [-0.2, -0.15) is 0 Å². The third-order valence-corrected chi connectivity index (χ3v) is 3.16. The zero-order valence-electron chi connectivity index (χ0n) is 13.2. The summed E-state index contributed by atoms with van der Waals surface area (Å²) in [6.45, 7) is 2.63. The van der Waals surface area contributed by atoms with Crippen molar-refractivity contribution < 1.29 is 14.6 Å². The zero-order valence-corrected chi connectivity index (χ0v) is 13.2. The molecule has 5 nitrogen and oxygen atoms in total. The molecule has 2 aromatic carbocycles. The molecule has 1 amide bonds. The van der Waals surface area contributed by atoms with Crippen LogP contribution in [-0.4, -0.2) is 30.9 Å². The van der Waals surface area contributed by atoms with E-state index in [-0.39, 0.29) is 11.7 Å². The van der Waals surface area contributed by atoms with Crippen LogP contribution in [0.25, 0.3) is 0 Å². The van der Waals surface area contributed by atoms with Gasteiger partial charge in [0.05, 0.1) is 12.3 Å². The third-order valence-electron chi connectivity index (χ3n) is 3.16. The van der Waals surface area contributed by atoms with E-state index in [4.69, 9.17) is 4.74 Å². The van der Waals surface area contributed by atoms with Gasteiger partial charge in [0.25, 0.3) is 5.91 Å². The summed E-state index contributed by atoms with van der Waals surface area (Å²) in [5.74, 6) is 0.565. The predicted octanol–water partition coefficient (Wildman–Crippen LogP) is 3.29. The van der Waals surface area contributed by atoms with Crippen molar-refractivity contribution >= 4 is 17.8 Å². The Morgan fingerprint density at radius 1 is 1.30 bits per heavy atom. The average Bonchev–Trinajstić information content (AvgIpc) is 2.58. The van der Waals surface area contributed by atoms with Crippen LogP contribution in [0.4, 0.5) is 5.69 Å². The van der Waals surface area contributed by atoms with Gasteiger partial charge in [0.2, 0.25) is 0 Å². The molecule has 0 unspecified atom stereocenters. The van der Waals surface area contributed by atoms with E-state index in [9.17, 15) is 9.90 Å². The maximum Gasteiger partial charge on any atom is 0.251 e. The third kappa shape index (κ3) is 4.57. The van der Waals surface area contributed by atoms with Gasteiger partial charge in [-0.25, -0.2) is 0 Å². The van der Waals surface area contributed by atoms with E-state index in [1.54, 1.807) is 55.7 Å². The largest absolute Gasteiger partial charge is 0.507 e. The van der Waals surface area contributed by atoms with E-state index >= 15 is 0 Å². The summed E-state index contributed by atoms with van der Waals surface area (Å²) in [5.41, 5.74) is 1.76. The molecule has 2 rings (SSSR count). The molecule has 5 heteroatoms. The van der Waals surface area contributed by atoms with Gasteiger partial charge in [-0.15, -0.1) is 0 Å². The lowest BCUT2D eigenvalue weighted by atomic mass is 10.2. The minimum Gasteiger partial charge on any atom is -0.507 e. The number of benzene rings is 2. The molecule has 0 saturated heterocycles. The van der Waals surface area contributed by atoms with Crippen molar-refractivity contribution in [3.63, 3.8) is 0 Å². The van der Waals surface area contributed by atoms with Crippen molar-refractivity contribution in [1.82, 2.24) is 5.32 Å². The smallest absolute Gasteiger partial charge is 0.251 e. The Labute approximate surface area is 135 Å². The molecule has 0 heterocycles. The lowest BCUT2D eigenvalue weighted by Crippen LogP contribution is -2.17. The Bertz CT molecular complexity index is 711. The predicted molar refractivity (Wildman–Crippen MR) is 91.0 cm³/mol. The number of aromatic hydroxyl groups is 1. The number of carbonyl (C=O) groups excluding carboxylic acids is 1. The molecule has 0 aliphatic carbocycles. The molecule has 0 aliphatic heterocycles. The Morgan fingerprint density at radius 2 is 2.13 bits per heavy atom. The fourth-order valence-corrected chi connectivity index (χ4v) is 1.96. The first kappa shape index (κ1) is 16.5. The second-order valence-electron chi connectivity index (χ2n) is 4.96. The summed E-state index contributed by atoms with van der Waals surface area (Å²) in [6, 6.07) is 12.1. The number of rotatable bonds is 6. The van der Waals surface area contributed by atoms with Gasteiger partial charge in [0.15, 0.2) is 0 Å². The van der Waals surface area contributed by atoms with Gasteiger partial charge < -0.3 is 15.2 Å². The average molecular weight is 312 g/mol. The number of phenols is 1. The first-order valence-corrected chi connectivity index (χ1v) is 7.46. The van der Waals surface area contributed by atoms with Crippen molar-refractivity contribution in [2.45, 2.75) is 13.3 Å². The summed E-state index contributed by atoms with van der Waals surface area (Å²) in [7, 11) is 1.58. The zero-order chi connectivity index (χ0) is 16.7. The highest BCUT2D eigenvalue weighted by molar-refractivity contribution is 5.95. The number of phenolic OH excluding ortho intramolecular Hbond substituents is 1. The van der Waals surface area contributed by atoms with Crippen LogP contribution in [0.3, 0.4) is 0 Å². The number of nitrogens with zero attached hydrogens (tertiary/aromatic N) is 1. The summed E-state index contributed by atoms with van der Waals surface area (Å²) in [5, 5.41) is 12.6. The number of hydrogen-bond donors (Lipinski definition) is 2. The molecule has 0 bridgehead atoms. The van der Waals surface area contributed by atoms with Crippen LogP contribution in [0.15, 0.2) is 47.5 Å². The molecular weight excluding hydrogens is 292 g/mol. The van der Waals surface area contributed by atoms with Crippen LogP contribution >= 0.6 is 0 Å². The van der Waals surface area contributed by atoms with E-state index in [0.29, 0.717) is 29.2 Å². The van der Waals surface area contributed by atoms with E-state index in [2.05, 4.69) is 10.3 Å². The number of ether oxygens (including phenoxy) is 1. The molecule has 0 aromatic heterocycles. The second kappa shape index (κ2) is 7.98. The molecular formula is C18H20N2O3. The Morgan fingerprint density at radius 3 is 2.83 bits per heavy atom. The molecule has 0 atom stereocenters. The maximum atomic E-state index is 11.6. The topological polar surface area (TPSA) is 70.9 Å². The van der Waals surface area contributed by atoms with Crippen LogP contribution in [-0.2, 0) is 0 Å². The molecule has 120 valence electrons. The maximum absolute atomic E-state index is 11.6. The van der Waals surface area contributed by atoms with E-state index in [1.165, 1.54) is 0 Å². The summed E-state index contributed by atoms with van der Waals surface area (Å²) in [6.07, 6.45) is 2.47. The standard InChI is InChI=1S/C18H20N2O3/c1-3-9-23-16-8-7-14(17(21)11-16)12-20-15-6-4-5-13(10-15)18(22)19-2/h4-8,10-12,21H,3,9H2,1-2H3,(H,19,22). The molecule has 0 radical (unpaired) electrons. The molecule has 0 fully saturated rings. The number of carbonyl (C=O) groups is 1. The highest BCUT2D eigenvalue weighted by Gasteiger charge is 2.04. The van der Waals surface area contributed by atoms with Crippen molar-refractivity contribution in [3.05, 3.63) is 53.6 Å². The van der Waals surface area contributed by atoms with E-state index < -0.39 is 0 Å². The first-order chi connectivity index (χ1) is 11.1. The van der Waals surface area contributed by atoms with Crippen molar-refractivity contribution in [1.29, 1.82) is 0 Å². The fraction of sp³-hybridized carbons (Fsp3) is 0.222. The number of nitrogens with one attached hydrogen (secondary N) is 1. The molecule has 2 N–H and O–H groups in total. The lowest BCUT2D eigenvalue weighted by Gasteiger charge is -2.06. The van der Waals surface area contributed by atoms with Crippen molar-refractivity contribution in [2.24, 2.45) is 4.99 Å². The van der Waals surface area contributed by atoms with Crippen molar-refractivity contribution in [2.75, 3.05) is 13.7 Å². The fourth-order valence-electron chi connectivity index (χ4n) is 1.96. The minimum atomic E-state index is -0.165. The summed E-state index contributed by atoms with van der Waals surface area (Å²) < 4.78 is 5.46. The number of aliphatic imine (C=N–C) groups is 1. The normalized spacial score (nSPS) is 10.7. The van der Waals surface area contributed by atoms with Gasteiger partial charge in [0.1, 0.15) is 11.5 Å². The SMILES string of the molecule is CCCOc1ccc(C=Nc2cccc(C(=O)NC)c2)c(O)c1. The van der Waals surface area contributed by atoms with Gasteiger partial charge >= 0.3 is 0 Å². The van der Waals surface area contributed by atoms with E-state index in [1.807, 2.05) is 6.92 Å². The Hall–Kier alpha value is -2.82. The van der Waals surface area contributed by atoms with E-state index in [0.717, 1.165) is 6.42 Å². The van der Waals surface area contributed by atoms with Gasteiger partial charge in [-0.3, -0.25) is 9.79 Å². The molecule has 0 saturated carbocycles. The van der Waals surface area contributed by atoms with Crippen LogP contribution in [0.5, 0.6) is 11.5 Å². The van der Waals surface area contributed by atoms with Crippen molar-refractivity contribution in [3.8, 4) is 11.5 Å². The van der Waals surface area contributed by atoms with Gasteiger partial charge in [-0.05, 0) is 36.8 Å². The Kier molecular flexibility index (Phi) is 5.74. The van der Waals surface area contributed by atoms with Crippen LogP contribution < -0.4 is 10.1 Å². The van der Waals surface area contributed by atoms with Crippen LogP contribution in [0, 0.1) is 0 Å². The lowest BCUT2D eigenvalue weighted by molar-refractivity contribution is 0.0963. The number of amides is 1. The molecule has 0 aliphatic rings. The monoisotopic (exact) mass is 312 g/mol. The highest BCUT2D eigenvalue weighted by atomic mass is 16.5. The molecule has 2 aromatic rings. The minimum absolute atomic E-state index is 0.102. The summed E-state index contributed by atoms with van der Waals surface area (Å²) in [4.78, 5) is 15.9. The quantitative estimate of drug-likeness (QED) is 0.804. The second-order valence-corrected chi connectivity index (χ2v) is 4.96. The Balaban J connectivity index is 2.15. The molecule has 0 spiro atoms. The number of hydrogen-bond acceptors (Lipinski definition) is 4. The van der Waals surface area contributed by atoms with Crippen LogP contribution in [0.1, 0.15) is 29.3 Å².